The second-order valence-electron chi connectivity index (χ2n) is 12.7. The highest BCUT2D eigenvalue weighted by Crippen LogP contribution is 2.75. The Morgan fingerprint density at radius 1 is 0.862 bits per heavy atom. The molecule has 0 unspecified atom stereocenters. The molecule has 0 radical (unpaired) electrons. The minimum Gasteiger partial charge on any atom is -0.299 e. The Kier molecular flexibility index (Phi) is 4.81. The third-order valence-corrected chi connectivity index (χ3v) is 11.5. The fourth-order valence-electron chi connectivity index (χ4n) is 9.36. The molecule has 4 saturated carbocycles. The highest BCUT2D eigenvalue weighted by molar-refractivity contribution is 5.82. The van der Waals surface area contributed by atoms with E-state index >= 15 is 0 Å². The van der Waals surface area contributed by atoms with Crippen LogP contribution in [0.1, 0.15) is 99.3 Å². The Balaban J connectivity index is 1.69. The quantitative estimate of drug-likeness (QED) is 0.380. The molecule has 0 saturated heterocycles. The number of fused-ring (bicyclic) bond motifs is 5. The van der Waals surface area contributed by atoms with Crippen molar-refractivity contribution in [1.29, 1.82) is 0 Å². The van der Waals surface area contributed by atoms with Gasteiger partial charge in [0.05, 0.1) is 0 Å². The highest BCUT2D eigenvalue weighted by Gasteiger charge is 2.67. The van der Waals surface area contributed by atoms with Crippen LogP contribution in [0.2, 0.25) is 0 Å². The molecular formula is C27H42O2. The lowest BCUT2D eigenvalue weighted by atomic mass is 9.33. The van der Waals surface area contributed by atoms with E-state index < -0.39 is 0 Å². The maximum atomic E-state index is 12.6. The van der Waals surface area contributed by atoms with Gasteiger partial charge in [-0.1, -0.05) is 47.6 Å². The molecular weight excluding hydrogens is 356 g/mol. The molecule has 8 atom stereocenters. The second kappa shape index (κ2) is 6.54. The van der Waals surface area contributed by atoms with E-state index in [1.54, 1.807) is 6.08 Å². The molecule has 0 bridgehead atoms. The van der Waals surface area contributed by atoms with Crippen LogP contribution in [0.4, 0.5) is 0 Å². The largest absolute Gasteiger partial charge is 0.299 e. The number of hydrogen-bond acceptors (Lipinski definition) is 2. The zero-order valence-electron chi connectivity index (χ0n) is 19.6. The normalized spacial score (nSPS) is 55.1. The molecule has 4 aliphatic carbocycles. The van der Waals surface area contributed by atoms with E-state index in [0.717, 1.165) is 25.0 Å². The van der Waals surface area contributed by atoms with Crippen LogP contribution in [0.25, 0.3) is 0 Å². The number of ketones is 1. The van der Waals surface area contributed by atoms with Gasteiger partial charge in [0.1, 0.15) is 12.1 Å². The molecule has 162 valence electrons. The predicted molar refractivity (Wildman–Crippen MR) is 118 cm³/mol. The lowest BCUT2D eigenvalue weighted by Crippen LogP contribution is -2.64. The van der Waals surface area contributed by atoms with Gasteiger partial charge in [-0.05, 0) is 96.4 Å². The first-order valence-corrected chi connectivity index (χ1v) is 12.1. The lowest BCUT2D eigenvalue weighted by molar-refractivity contribution is -0.222. The van der Waals surface area contributed by atoms with E-state index in [1.807, 2.05) is 0 Å². The smallest absolute Gasteiger partial charge is 0.142 e. The number of allylic oxidation sites excluding steroid dienone is 2. The third-order valence-electron chi connectivity index (χ3n) is 11.5. The molecule has 0 spiro atoms. The average molecular weight is 399 g/mol. The minimum atomic E-state index is 0.151. The number of carbonyl (C=O) groups is 2. The molecule has 0 aromatic heterocycles. The van der Waals surface area contributed by atoms with Gasteiger partial charge in [-0.15, -0.1) is 0 Å². The molecule has 4 fully saturated rings. The number of hydrogen-bond donors (Lipinski definition) is 0. The maximum Gasteiger partial charge on any atom is 0.142 e. The summed E-state index contributed by atoms with van der Waals surface area (Å²) >= 11 is 0. The van der Waals surface area contributed by atoms with E-state index in [4.69, 9.17) is 0 Å². The summed E-state index contributed by atoms with van der Waals surface area (Å²) in [7, 11) is 0. The van der Waals surface area contributed by atoms with Crippen LogP contribution < -0.4 is 0 Å². The number of aldehydes is 1. The van der Waals surface area contributed by atoms with Crippen LogP contribution in [-0.4, -0.2) is 12.1 Å². The van der Waals surface area contributed by atoms with Crippen molar-refractivity contribution in [3.05, 3.63) is 12.2 Å². The number of Topliss-reactive ketones (excluding diaryl/α,β-unsaturated/α-hetero) is 1. The van der Waals surface area contributed by atoms with E-state index in [-0.39, 0.29) is 16.7 Å². The van der Waals surface area contributed by atoms with Gasteiger partial charge in [0, 0.05) is 12.3 Å². The van der Waals surface area contributed by atoms with Crippen LogP contribution in [0.3, 0.4) is 0 Å². The van der Waals surface area contributed by atoms with Crippen molar-refractivity contribution < 1.29 is 9.59 Å². The lowest BCUT2D eigenvalue weighted by Gasteiger charge is -2.71. The average Bonchev–Trinajstić information content (AvgIpc) is 2.66. The summed E-state index contributed by atoms with van der Waals surface area (Å²) in [5, 5.41) is 0. The SMILES string of the molecule is C[C@H]1C(=O)CC[C@@H]2[C@]1(C)CC[C@H]1[C@@]2(C)CC[C@@]2(C)C[C@](C)(C=CC=O)CC[C@]12C. The standard InChI is InChI=1S/C27H42O2/c1-19-20(29)8-9-21-25(19,4)12-10-22-26(21,5)15-14-24(3)18-23(2,11-7-17-28)13-16-27(22,24)6/h7,11,17,19,21-22H,8-10,12-16,18H2,1-6H3/t19-,21+,22-,23+,24-,25+,26-,27+/m0/s1. The van der Waals surface area contributed by atoms with Crippen molar-refractivity contribution in [1.82, 2.24) is 0 Å². The summed E-state index contributed by atoms with van der Waals surface area (Å²) in [6.45, 7) is 14.8. The molecule has 29 heavy (non-hydrogen) atoms. The highest BCUT2D eigenvalue weighted by atomic mass is 16.1. The fourth-order valence-corrected chi connectivity index (χ4v) is 9.36. The first-order chi connectivity index (χ1) is 13.4. The topological polar surface area (TPSA) is 34.1 Å². The Hall–Kier alpha value is -0.920. The molecule has 4 aliphatic rings. The third kappa shape index (κ3) is 2.79. The molecule has 0 aromatic rings. The monoisotopic (exact) mass is 398 g/mol. The Labute approximate surface area is 178 Å². The van der Waals surface area contributed by atoms with E-state index in [0.29, 0.717) is 27.9 Å². The molecule has 2 nitrogen and oxygen atoms in total. The molecule has 2 heteroatoms. The van der Waals surface area contributed by atoms with E-state index in [9.17, 15) is 9.59 Å². The molecule has 4 rings (SSSR count). The van der Waals surface area contributed by atoms with Gasteiger partial charge in [-0.3, -0.25) is 9.59 Å². The van der Waals surface area contributed by atoms with Gasteiger partial charge in [0.15, 0.2) is 0 Å². The fraction of sp³-hybridized carbons (Fsp3) is 0.852. The van der Waals surface area contributed by atoms with Gasteiger partial charge in [-0.25, -0.2) is 0 Å². The summed E-state index contributed by atoms with van der Waals surface area (Å²) in [6.07, 6.45) is 15.5. The van der Waals surface area contributed by atoms with Crippen molar-refractivity contribution in [3.63, 3.8) is 0 Å². The van der Waals surface area contributed by atoms with Gasteiger partial charge in [0.2, 0.25) is 0 Å². The summed E-state index contributed by atoms with van der Waals surface area (Å²) in [5.74, 6) is 2.18. The van der Waals surface area contributed by atoms with Crippen molar-refractivity contribution in [2.45, 2.75) is 99.3 Å². The molecule has 0 amide bonds. The second-order valence-corrected chi connectivity index (χ2v) is 12.7. The van der Waals surface area contributed by atoms with Crippen LogP contribution in [0.15, 0.2) is 12.2 Å². The van der Waals surface area contributed by atoms with E-state index in [2.05, 4.69) is 47.6 Å². The van der Waals surface area contributed by atoms with Crippen LogP contribution in [-0.2, 0) is 9.59 Å². The zero-order valence-corrected chi connectivity index (χ0v) is 19.6. The van der Waals surface area contributed by atoms with Crippen molar-refractivity contribution >= 4 is 12.1 Å². The zero-order chi connectivity index (χ0) is 21.3. The first-order valence-electron chi connectivity index (χ1n) is 12.1. The summed E-state index contributed by atoms with van der Waals surface area (Å²) in [5.41, 5.74) is 1.41. The van der Waals surface area contributed by atoms with Crippen molar-refractivity contribution in [2.24, 2.45) is 44.8 Å². The molecule has 0 aliphatic heterocycles. The summed E-state index contributed by atoms with van der Waals surface area (Å²) in [4.78, 5) is 23.5. The van der Waals surface area contributed by atoms with E-state index in [1.165, 1.54) is 44.9 Å². The van der Waals surface area contributed by atoms with Crippen LogP contribution in [0.5, 0.6) is 0 Å². The summed E-state index contributed by atoms with van der Waals surface area (Å²) in [6, 6.07) is 0. The Morgan fingerprint density at radius 2 is 1.59 bits per heavy atom. The number of rotatable bonds is 2. The molecule has 0 aromatic carbocycles. The predicted octanol–water partition coefficient (Wildman–Crippen LogP) is 6.78. The first kappa shape index (κ1) is 21.3. The van der Waals surface area contributed by atoms with Gasteiger partial charge in [-0.2, -0.15) is 0 Å². The maximum absolute atomic E-state index is 12.6. The number of carbonyl (C=O) groups excluding carboxylic acids is 2. The van der Waals surface area contributed by atoms with Gasteiger partial charge in [0.25, 0.3) is 0 Å². The van der Waals surface area contributed by atoms with Crippen LogP contribution in [0, 0.1) is 44.8 Å². The molecule has 0 heterocycles. The van der Waals surface area contributed by atoms with Gasteiger partial charge >= 0.3 is 0 Å². The molecule has 0 N–H and O–H groups in total. The Bertz CT molecular complexity index is 739. The van der Waals surface area contributed by atoms with Crippen LogP contribution >= 0.6 is 0 Å². The minimum absolute atomic E-state index is 0.151. The van der Waals surface area contributed by atoms with Crippen molar-refractivity contribution in [3.8, 4) is 0 Å². The van der Waals surface area contributed by atoms with Gasteiger partial charge < -0.3 is 0 Å². The van der Waals surface area contributed by atoms with Crippen molar-refractivity contribution in [2.75, 3.05) is 0 Å². The Morgan fingerprint density at radius 3 is 2.28 bits per heavy atom. The summed E-state index contributed by atoms with van der Waals surface area (Å²) < 4.78 is 0.